The summed E-state index contributed by atoms with van der Waals surface area (Å²) in [5.74, 6) is -1.68. The van der Waals surface area contributed by atoms with Gasteiger partial charge in [0.15, 0.2) is 0 Å². The molecule has 3 aromatic rings. The first kappa shape index (κ1) is 26.3. The van der Waals surface area contributed by atoms with Crippen molar-refractivity contribution in [2.45, 2.75) is 5.92 Å². The summed E-state index contributed by atoms with van der Waals surface area (Å²) in [6, 6.07) is 21.4. The number of anilines is 2. The van der Waals surface area contributed by atoms with Gasteiger partial charge in [-0.1, -0.05) is 36.4 Å². The lowest BCUT2D eigenvalue weighted by Gasteiger charge is -2.21. The van der Waals surface area contributed by atoms with E-state index in [9.17, 15) is 19.6 Å². The van der Waals surface area contributed by atoms with Crippen LogP contribution in [0, 0.1) is 11.3 Å². The summed E-state index contributed by atoms with van der Waals surface area (Å²) in [6.45, 7) is 0.202. The predicted octanol–water partition coefficient (Wildman–Crippen LogP) is 3.73. The van der Waals surface area contributed by atoms with Crippen LogP contribution in [0.1, 0.15) is 33.0 Å². The number of hydrogen-bond acceptors (Lipinski definition) is 7. The van der Waals surface area contributed by atoms with Crippen LogP contribution in [0.3, 0.4) is 0 Å². The van der Waals surface area contributed by atoms with Crippen LogP contribution in [0.2, 0.25) is 0 Å². The number of aliphatic imine (C=N–C) groups is 1. The number of carbonyl (C=O) groups is 3. The van der Waals surface area contributed by atoms with Gasteiger partial charge in [-0.3, -0.25) is 14.6 Å². The van der Waals surface area contributed by atoms with Gasteiger partial charge in [-0.05, 0) is 55.6 Å². The van der Waals surface area contributed by atoms with Crippen LogP contribution < -0.4 is 10.2 Å². The van der Waals surface area contributed by atoms with Gasteiger partial charge >= 0.3 is 5.97 Å². The Hall–Kier alpha value is -4.81. The van der Waals surface area contributed by atoms with Gasteiger partial charge in [0.1, 0.15) is 12.0 Å². The molecule has 0 aliphatic carbocycles. The van der Waals surface area contributed by atoms with Crippen molar-refractivity contribution in [1.29, 1.82) is 5.26 Å². The quantitative estimate of drug-likeness (QED) is 0.383. The molecule has 0 radical (unpaired) electrons. The number of benzene rings is 3. The van der Waals surface area contributed by atoms with Gasteiger partial charge in [0.2, 0.25) is 11.8 Å². The molecular formula is C29H27N5O4. The molecule has 38 heavy (non-hydrogen) atoms. The first-order valence-electron chi connectivity index (χ1n) is 11.9. The van der Waals surface area contributed by atoms with E-state index in [-0.39, 0.29) is 23.9 Å². The van der Waals surface area contributed by atoms with Crippen molar-refractivity contribution in [2.24, 2.45) is 4.99 Å². The minimum Gasteiger partial charge on any atom is -0.465 e. The third-order valence-corrected chi connectivity index (χ3v) is 6.19. The zero-order valence-corrected chi connectivity index (χ0v) is 21.6. The number of rotatable bonds is 7. The molecular weight excluding hydrogens is 482 g/mol. The number of methoxy groups -OCH3 is 1. The molecule has 0 bridgehead atoms. The van der Waals surface area contributed by atoms with Gasteiger partial charge in [-0.25, -0.2) is 4.79 Å². The standard InChI is InChI=1S/C29H27N5O4/c1-33(2)17-25(35)34(3)24-13-11-21(14-20(24)16-30)31-27(18-8-6-5-7-9-18)26-22-12-10-19(29(37)38-4)15-23(22)32-28(26)36/h5-15,26H,17H2,1-4H3,(H,32,36). The maximum Gasteiger partial charge on any atom is 0.337 e. The molecule has 0 fully saturated rings. The second-order valence-corrected chi connectivity index (χ2v) is 9.08. The molecule has 1 N–H and O–H groups in total. The Labute approximate surface area is 221 Å². The van der Waals surface area contributed by atoms with Crippen molar-refractivity contribution in [3.05, 3.63) is 89.0 Å². The molecule has 1 aliphatic rings. The van der Waals surface area contributed by atoms with Gasteiger partial charge in [-0.2, -0.15) is 5.26 Å². The van der Waals surface area contributed by atoms with Crippen LogP contribution in [0.4, 0.5) is 17.1 Å². The summed E-state index contributed by atoms with van der Waals surface area (Å²) >= 11 is 0. The van der Waals surface area contributed by atoms with Crippen molar-refractivity contribution < 1.29 is 19.1 Å². The molecule has 9 heteroatoms. The highest BCUT2D eigenvalue weighted by Crippen LogP contribution is 2.37. The average molecular weight is 510 g/mol. The molecule has 0 spiro atoms. The van der Waals surface area contributed by atoms with E-state index in [0.717, 1.165) is 5.56 Å². The predicted molar refractivity (Wildman–Crippen MR) is 145 cm³/mol. The third kappa shape index (κ3) is 5.31. The van der Waals surface area contributed by atoms with Gasteiger partial charge in [0.25, 0.3) is 0 Å². The fourth-order valence-electron chi connectivity index (χ4n) is 4.31. The fraction of sp³-hybridized carbons (Fsp3) is 0.207. The molecule has 9 nitrogen and oxygen atoms in total. The van der Waals surface area contributed by atoms with Crippen LogP contribution in [0.15, 0.2) is 71.7 Å². The number of likely N-dealkylation sites (N-methyl/N-ethyl adjacent to an activating group) is 2. The van der Waals surface area contributed by atoms with E-state index in [0.29, 0.717) is 33.9 Å². The highest BCUT2D eigenvalue weighted by Gasteiger charge is 2.36. The Bertz CT molecular complexity index is 1470. The van der Waals surface area contributed by atoms with E-state index in [1.807, 2.05) is 30.3 Å². The van der Waals surface area contributed by atoms with Gasteiger partial charge < -0.3 is 19.9 Å². The summed E-state index contributed by atoms with van der Waals surface area (Å²) in [6.07, 6.45) is 0. The van der Waals surface area contributed by atoms with Crippen molar-refractivity contribution in [1.82, 2.24) is 4.90 Å². The molecule has 192 valence electrons. The minimum atomic E-state index is -0.742. The molecule has 0 aromatic heterocycles. The largest absolute Gasteiger partial charge is 0.465 e. The molecule has 1 unspecified atom stereocenters. The number of nitriles is 1. The molecule has 1 heterocycles. The summed E-state index contributed by atoms with van der Waals surface area (Å²) in [5.41, 5.74) is 3.96. The lowest BCUT2D eigenvalue weighted by atomic mass is 9.90. The molecule has 0 saturated carbocycles. The van der Waals surface area contributed by atoms with Crippen molar-refractivity contribution >= 4 is 40.6 Å². The molecule has 1 atom stereocenters. The second kappa shape index (κ2) is 11.1. The Kier molecular flexibility index (Phi) is 7.65. The number of esters is 1. The van der Waals surface area contributed by atoms with Gasteiger partial charge in [-0.15, -0.1) is 0 Å². The van der Waals surface area contributed by atoms with E-state index in [1.165, 1.54) is 12.0 Å². The van der Waals surface area contributed by atoms with Crippen LogP contribution in [-0.4, -0.2) is 63.2 Å². The van der Waals surface area contributed by atoms with Gasteiger partial charge in [0.05, 0.1) is 41.9 Å². The highest BCUT2D eigenvalue weighted by atomic mass is 16.5. The zero-order valence-electron chi connectivity index (χ0n) is 21.6. The summed E-state index contributed by atoms with van der Waals surface area (Å²) < 4.78 is 4.80. The number of fused-ring (bicyclic) bond motifs is 1. The molecule has 4 rings (SSSR count). The molecule has 0 saturated heterocycles. The molecule has 1 aliphatic heterocycles. The smallest absolute Gasteiger partial charge is 0.337 e. The highest BCUT2D eigenvalue weighted by molar-refractivity contribution is 6.24. The Morgan fingerprint density at radius 1 is 1.03 bits per heavy atom. The van der Waals surface area contributed by atoms with Gasteiger partial charge in [0, 0.05) is 12.7 Å². The monoisotopic (exact) mass is 509 g/mol. The van der Waals surface area contributed by atoms with E-state index in [1.54, 1.807) is 62.4 Å². The maximum atomic E-state index is 13.2. The lowest BCUT2D eigenvalue weighted by molar-refractivity contribution is -0.119. The van der Waals surface area contributed by atoms with Crippen LogP contribution in [-0.2, 0) is 14.3 Å². The normalized spacial score (nSPS) is 14.5. The van der Waals surface area contributed by atoms with Crippen molar-refractivity contribution in [3.8, 4) is 6.07 Å². The number of amides is 2. The SMILES string of the molecule is COC(=O)c1ccc2c(c1)NC(=O)C2C(=Nc1ccc(N(C)C(=O)CN(C)C)c(C#N)c1)c1ccccc1. The summed E-state index contributed by atoms with van der Waals surface area (Å²) in [7, 11) is 6.53. The van der Waals surface area contributed by atoms with Crippen LogP contribution >= 0.6 is 0 Å². The first-order valence-corrected chi connectivity index (χ1v) is 11.9. The zero-order chi connectivity index (χ0) is 27.4. The molecule has 3 aromatic carbocycles. The van der Waals surface area contributed by atoms with E-state index >= 15 is 0 Å². The first-order chi connectivity index (χ1) is 18.2. The van der Waals surface area contributed by atoms with Crippen molar-refractivity contribution in [2.75, 3.05) is 45.0 Å². The minimum absolute atomic E-state index is 0.154. The second-order valence-electron chi connectivity index (χ2n) is 9.08. The topological polar surface area (TPSA) is 115 Å². The Balaban J connectivity index is 1.79. The van der Waals surface area contributed by atoms with Crippen molar-refractivity contribution in [3.63, 3.8) is 0 Å². The number of nitrogens with one attached hydrogen (secondary N) is 1. The van der Waals surface area contributed by atoms with E-state index < -0.39 is 11.9 Å². The van der Waals surface area contributed by atoms with E-state index in [4.69, 9.17) is 9.73 Å². The molecule has 2 amide bonds. The summed E-state index contributed by atoms with van der Waals surface area (Å²) in [4.78, 5) is 45.8. The Morgan fingerprint density at radius 2 is 1.76 bits per heavy atom. The fourth-order valence-corrected chi connectivity index (χ4v) is 4.31. The average Bonchev–Trinajstić information content (AvgIpc) is 3.25. The van der Waals surface area contributed by atoms with E-state index in [2.05, 4.69) is 11.4 Å². The number of carbonyl (C=O) groups excluding carboxylic acids is 3. The number of hydrogen-bond donors (Lipinski definition) is 1. The lowest BCUT2D eigenvalue weighted by Crippen LogP contribution is -2.35. The third-order valence-electron chi connectivity index (χ3n) is 6.19. The number of ether oxygens (including phenoxy) is 1. The maximum absolute atomic E-state index is 13.2. The summed E-state index contributed by atoms with van der Waals surface area (Å²) in [5, 5.41) is 12.7. The number of nitrogens with zero attached hydrogens (tertiary/aromatic N) is 4. The van der Waals surface area contributed by atoms with Crippen LogP contribution in [0.5, 0.6) is 0 Å². The Morgan fingerprint density at radius 3 is 2.42 bits per heavy atom. The van der Waals surface area contributed by atoms with Crippen LogP contribution in [0.25, 0.3) is 0 Å².